The summed E-state index contributed by atoms with van der Waals surface area (Å²) in [6.45, 7) is 7.02. The quantitative estimate of drug-likeness (QED) is 0.892. The molecule has 0 spiro atoms. The van der Waals surface area contributed by atoms with Crippen LogP contribution in [0, 0.1) is 13.8 Å². The summed E-state index contributed by atoms with van der Waals surface area (Å²) in [4.78, 5) is 0. The molecule has 1 N–H and O–H groups in total. The molecule has 1 heterocycles. The van der Waals surface area contributed by atoms with E-state index in [4.69, 9.17) is 16.0 Å². The van der Waals surface area contributed by atoms with Crippen molar-refractivity contribution in [2.45, 2.75) is 26.8 Å². The first-order chi connectivity index (χ1) is 8.63. The standard InChI is InChI=1S/C15H18ClNO/c1-4-17-14(15-11(3)7-8-18-15)12-6-5-10(2)13(16)9-12/h5-9,14,17H,4H2,1-3H3. The number of benzene rings is 1. The molecule has 3 heteroatoms. The van der Waals surface area contributed by atoms with Crippen LogP contribution in [0.2, 0.25) is 5.02 Å². The first-order valence-electron chi connectivity index (χ1n) is 6.17. The second kappa shape index (κ2) is 5.59. The fourth-order valence-corrected chi connectivity index (χ4v) is 2.22. The lowest BCUT2D eigenvalue weighted by molar-refractivity contribution is 0.449. The molecule has 0 aliphatic heterocycles. The van der Waals surface area contributed by atoms with Gasteiger partial charge in [-0.05, 0) is 49.2 Å². The van der Waals surface area contributed by atoms with Gasteiger partial charge >= 0.3 is 0 Å². The molecule has 2 nitrogen and oxygen atoms in total. The number of aryl methyl sites for hydroxylation is 2. The highest BCUT2D eigenvalue weighted by Crippen LogP contribution is 2.28. The van der Waals surface area contributed by atoms with Gasteiger partial charge in [-0.1, -0.05) is 30.7 Å². The molecule has 0 aliphatic rings. The molecule has 0 radical (unpaired) electrons. The lowest BCUT2D eigenvalue weighted by Gasteiger charge is -2.18. The average molecular weight is 264 g/mol. The van der Waals surface area contributed by atoms with E-state index >= 15 is 0 Å². The highest BCUT2D eigenvalue weighted by Gasteiger charge is 2.18. The molecular weight excluding hydrogens is 246 g/mol. The molecule has 0 fully saturated rings. The molecule has 0 saturated heterocycles. The third-order valence-electron chi connectivity index (χ3n) is 3.10. The second-order valence-electron chi connectivity index (χ2n) is 4.47. The van der Waals surface area contributed by atoms with E-state index in [1.807, 2.05) is 25.1 Å². The van der Waals surface area contributed by atoms with E-state index in [1.165, 1.54) is 0 Å². The molecule has 96 valence electrons. The fraction of sp³-hybridized carbons (Fsp3) is 0.333. The number of halogens is 1. The first kappa shape index (κ1) is 13.2. The van der Waals surface area contributed by atoms with Gasteiger partial charge in [0.05, 0.1) is 12.3 Å². The highest BCUT2D eigenvalue weighted by molar-refractivity contribution is 6.31. The van der Waals surface area contributed by atoms with Crippen molar-refractivity contribution in [2.75, 3.05) is 6.54 Å². The Morgan fingerprint density at radius 2 is 2.00 bits per heavy atom. The Morgan fingerprint density at radius 1 is 1.22 bits per heavy atom. The SMILES string of the molecule is CCNC(c1ccc(C)c(Cl)c1)c1occc1C. The Labute approximate surface area is 113 Å². The van der Waals surface area contributed by atoms with Crippen molar-refractivity contribution in [1.29, 1.82) is 0 Å². The normalized spacial score (nSPS) is 12.7. The van der Waals surface area contributed by atoms with Gasteiger partial charge in [0.1, 0.15) is 5.76 Å². The minimum atomic E-state index is 0.0584. The molecule has 18 heavy (non-hydrogen) atoms. The lowest BCUT2D eigenvalue weighted by atomic mass is 10.0. The number of furan rings is 1. The van der Waals surface area contributed by atoms with Crippen molar-refractivity contribution in [2.24, 2.45) is 0 Å². The van der Waals surface area contributed by atoms with Gasteiger partial charge in [0, 0.05) is 5.02 Å². The van der Waals surface area contributed by atoms with Gasteiger partial charge in [-0.15, -0.1) is 0 Å². The van der Waals surface area contributed by atoms with Crippen molar-refractivity contribution in [3.05, 3.63) is 58.0 Å². The minimum Gasteiger partial charge on any atom is -0.467 e. The van der Waals surface area contributed by atoms with Crippen LogP contribution in [0.5, 0.6) is 0 Å². The number of rotatable bonds is 4. The van der Waals surface area contributed by atoms with Gasteiger partial charge in [-0.3, -0.25) is 0 Å². The summed E-state index contributed by atoms with van der Waals surface area (Å²) in [5, 5.41) is 4.23. The molecule has 0 amide bonds. The van der Waals surface area contributed by atoms with Gasteiger partial charge in [0.15, 0.2) is 0 Å². The van der Waals surface area contributed by atoms with Crippen LogP contribution in [0.15, 0.2) is 34.9 Å². The van der Waals surface area contributed by atoms with Crippen LogP contribution in [-0.2, 0) is 0 Å². The van der Waals surface area contributed by atoms with Crippen LogP contribution >= 0.6 is 11.6 Å². The van der Waals surface area contributed by atoms with Crippen molar-refractivity contribution in [3.8, 4) is 0 Å². The fourth-order valence-electron chi connectivity index (χ4n) is 2.03. The van der Waals surface area contributed by atoms with Crippen LogP contribution < -0.4 is 5.32 Å². The summed E-state index contributed by atoms with van der Waals surface area (Å²) in [7, 11) is 0. The number of nitrogens with one attached hydrogen (secondary N) is 1. The van der Waals surface area contributed by atoms with E-state index in [-0.39, 0.29) is 6.04 Å². The van der Waals surface area contributed by atoms with E-state index in [1.54, 1.807) is 6.26 Å². The van der Waals surface area contributed by atoms with Gasteiger partial charge < -0.3 is 9.73 Å². The Bertz CT molecular complexity index is 533. The smallest absolute Gasteiger partial charge is 0.128 e. The van der Waals surface area contributed by atoms with Gasteiger partial charge in [-0.25, -0.2) is 0 Å². The lowest BCUT2D eigenvalue weighted by Crippen LogP contribution is -2.22. The highest BCUT2D eigenvalue weighted by atomic mass is 35.5. The second-order valence-corrected chi connectivity index (χ2v) is 4.87. The molecule has 0 saturated carbocycles. The van der Waals surface area contributed by atoms with Crippen molar-refractivity contribution in [1.82, 2.24) is 5.32 Å². The van der Waals surface area contributed by atoms with E-state index < -0.39 is 0 Å². The van der Waals surface area contributed by atoms with Crippen LogP contribution in [0.25, 0.3) is 0 Å². The number of hydrogen-bond donors (Lipinski definition) is 1. The Hall–Kier alpha value is -1.25. The largest absolute Gasteiger partial charge is 0.467 e. The zero-order chi connectivity index (χ0) is 13.1. The Balaban J connectivity index is 2.41. The first-order valence-corrected chi connectivity index (χ1v) is 6.54. The van der Waals surface area contributed by atoms with E-state index in [9.17, 15) is 0 Å². The molecule has 1 unspecified atom stereocenters. The van der Waals surface area contributed by atoms with Crippen LogP contribution in [-0.4, -0.2) is 6.54 Å². The molecule has 0 bridgehead atoms. The summed E-state index contributed by atoms with van der Waals surface area (Å²) < 4.78 is 5.60. The third kappa shape index (κ3) is 2.60. The van der Waals surface area contributed by atoms with E-state index in [2.05, 4.69) is 25.2 Å². The predicted octanol–water partition coefficient (Wildman–Crippen LogP) is 4.25. The topological polar surface area (TPSA) is 25.2 Å². The van der Waals surface area contributed by atoms with Crippen molar-refractivity contribution < 1.29 is 4.42 Å². The summed E-state index contributed by atoms with van der Waals surface area (Å²) in [6.07, 6.45) is 1.73. The summed E-state index contributed by atoms with van der Waals surface area (Å²) in [6, 6.07) is 8.18. The Kier molecular flexibility index (Phi) is 4.10. The molecule has 2 rings (SSSR count). The molecule has 0 aliphatic carbocycles. The summed E-state index contributed by atoms with van der Waals surface area (Å²) >= 11 is 6.20. The molecule has 1 aromatic heterocycles. The van der Waals surface area contributed by atoms with Gasteiger partial charge in [-0.2, -0.15) is 0 Å². The van der Waals surface area contributed by atoms with Gasteiger partial charge in [0.2, 0.25) is 0 Å². The zero-order valence-electron chi connectivity index (χ0n) is 11.0. The Morgan fingerprint density at radius 3 is 2.56 bits per heavy atom. The monoisotopic (exact) mass is 263 g/mol. The number of hydrogen-bond acceptors (Lipinski definition) is 2. The maximum atomic E-state index is 6.20. The van der Waals surface area contributed by atoms with Crippen LogP contribution in [0.4, 0.5) is 0 Å². The van der Waals surface area contributed by atoms with E-state index in [0.29, 0.717) is 0 Å². The summed E-state index contributed by atoms with van der Waals surface area (Å²) in [5.41, 5.74) is 3.37. The van der Waals surface area contributed by atoms with Crippen molar-refractivity contribution >= 4 is 11.6 Å². The maximum Gasteiger partial charge on any atom is 0.128 e. The molecule has 2 aromatic rings. The minimum absolute atomic E-state index is 0.0584. The maximum absolute atomic E-state index is 6.20. The zero-order valence-corrected chi connectivity index (χ0v) is 11.7. The van der Waals surface area contributed by atoms with Gasteiger partial charge in [0.25, 0.3) is 0 Å². The average Bonchev–Trinajstić information content (AvgIpc) is 2.76. The molecule has 1 atom stereocenters. The third-order valence-corrected chi connectivity index (χ3v) is 3.51. The summed E-state index contributed by atoms with van der Waals surface area (Å²) in [5.74, 6) is 0.955. The van der Waals surface area contributed by atoms with Crippen LogP contribution in [0.3, 0.4) is 0 Å². The van der Waals surface area contributed by atoms with Crippen LogP contribution in [0.1, 0.15) is 35.4 Å². The molecular formula is C15H18ClNO. The molecule has 1 aromatic carbocycles. The van der Waals surface area contributed by atoms with Crippen molar-refractivity contribution in [3.63, 3.8) is 0 Å². The van der Waals surface area contributed by atoms with E-state index in [0.717, 1.165) is 34.0 Å². The predicted molar refractivity (Wildman–Crippen MR) is 75.2 cm³/mol.